The minimum absolute atomic E-state index is 0.0876. The smallest absolute Gasteiger partial charge is 0.258 e. The zero-order chi connectivity index (χ0) is 21.1. The molecule has 0 radical (unpaired) electrons. The Morgan fingerprint density at radius 3 is 2.90 bits per heavy atom. The number of benzene rings is 2. The van der Waals surface area contributed by atoms with Crippen LogP contribution < -0.4 is 10.9 Å². The lowest BCUT2D eigenvalue weighted by Gasteiger charge is -2.11. The van der Waals surface area contributed by atoms with Crippen molar-refractivity contribution in [3.63, 3.8) is 0 Å². The molecule has 0 fully saturated rings. The summed E-state index contributed by atoms with van der Waals surface area (Å²) < 4.78 is 15.6. The van der Waals surface area contributed by atoms with Crippen LogP contribution in [0.3, 0.4) is 0 Å². The van der Waals surface area contributed by atoms with E-state index >= 15 is 0 Å². The van der Waals surface area contributed by atoms with Crippen molar-refractivity contribution in [3.05, 3.63) is 76.9 Å². The van der Waals surface area contributed by atoms with Crippen molar-refractivity contribution in [2.24, 2.45) is 7.05 Å². The second-order valence-electron chi connectivity index (χ2n) is 6.64. The molecule has 7 nitrogen and oxygen atoms in total. The van der Waals surface area contributed by atoms with Crippen LogP contribution in [0.1, 0.15) is 12.2 Å². The first-order valence-electron chi connectivity index (χ1n) is 9.22. The molecule has 0 saturated heterocycles. The lowest BCUT2D eigenvalue weighted by Crippen LogP contribution is -2.16. The van der Waals surface area contributed by atoms with Gasteiger partial charge in [-0.15, -0.1) is 0 Å². The van der Waals surface area contributed by atoms with Gasteiger partial charge in [0, 0.05) is 37.2 Å². The number of rotatable bonds is 6. The molecule has 0 aliphatic carbocycles. The van der Waals surface area contributed by atoms with Crippen molar-refractivity contribution in [1.82, 2.24) is 19.5 Å². The number of aromatic amines is 1. The molecule has 0 spiro atoms. The lowest BCUT2D eigenvalue weighted by atomic mass is 10.2. The van der Waals surface area contributed by atoms with Crippen LogP contribution in [0.5, 0.6) is 0 Å². The molecule has 2 heterocycles. The van der Waals surface area contributed by atoms with Gasteiger partial charge in [0.15, 0.2) is 5.16 Å². The third-order valence-electron chi connectivity index (χ3n) is 4.44. The Hall–Kier alpha value is -3.46. The van der Waals surface area contributed by atoms with Gasteiger partial charge in [-0.05, 0) is 42.1 Å². The van der Waals surface area contributed by atoms with E-state index in [0.29, 0.717) is 27.3 Å². The average molecular weight is 423 g/mol. The number of imidazole rings is 1. The van der Waals surface area contributed by atoms with Gasteiger partial charge in [-0.1, -0.05) is 12.1 Å². The number of fused-ring (bicyclic) bond motifs is 1. The van der Waals surface area contributed by atoms with Gasteiger partial charge in [-0.25, -0.2) is 14.4 Å². The standard InChI is InChI=1S/C21H18FN5O2S/c1-27-11-10-23-21(27)30-17-7-6-13(22)12-16(17)25-19(28)9-8-18-24-15-5-3-2-4-14(15)20(29)26-18/h2-7,10-12H,8-9H2,1H3,(H,25,28)(H,24,26,29). The van der Waals surface area contributed by atoms with Gasteiger partial charge >= 0.3 is 0 Å². The van der Waals surface area contributed by atoms with Crippen LogP contribution in [0.4, 0.5) is 10.1 Å². The normalized spacial score (nSPS) is 11.0. The molecule has 0 bridgehead atoms. The summed E-state index contributed by atoms with van der Waals surface area (Å²) in [6, 6.07) is 11.2. The van der Waals surface area contributed by atoms with E-state index in [9.17, 15) is 14.0 Å². The topological polar surface area (TPSA) is 92.7 Å². The summed E-state index contributed by atoms with van der Waals surface area (Å²) in [6.07, 6.45) is 3.82. The molecular weight excluding hydrogens is 405 g/mol. The largest absolute Gasteiger partial charge is 0.329 e. The van der Waals surface area contributed by atoms with Crippen LogP contribution in [0.2, 0.25) is 0 Å². The highest BCUT2D eigenvalue weighted by molar-refractivity contribution is 7.99. The number of aryl methyl sites for hydroxylation is 2. The molecule has 0 atom stereocenters. The molecule has 2 N–H and O–H groups in total. The maximum Gasteiger partial charge on any atom is 0.258 e. The minimum atomic E-state index is -0.449. The number of aromatic nitrogens is 4. The number of amides is 1. The van der Waals surface area contributed by atoms with Crippen LogP contribution in [-0.2, 0) is 18.3 Å². The van der Waals surface area contributed by atoms with E-state index < -0.39 is 5.82 Å². The maximum absolute atomic E-state index is 13.8. The molecule has 9 heteroatoms. The van der Waals surface area contributed by atoms with Gasteiger partial charge in [0.1, 0.15) is 11.6 Å². The van der Waals surface area contributed by atoms with Crippen LogP contribution in [0.15, 0.2) is 69.7 Å². The molecular formula is C21H18FN5O2S. The Morgan fingerprint density at radius 2 is 2.10 bits per heavy atom. The fourth-order valence-corrected chi connectivity index (χ4v) is 3.81. The highest BCUT2D eigenvalue weighted by Crippen LogP contribution is 2.33. The molecule has 2 aromatic carbocycles. The number of nitrogens with one attached hydrogen (secondary N) is 2. The quantitative estimate of drug-likeness (QED) is 0.495. The Kier molecular flexibility index (Phi) is 5.62. The van der Waals surface area contributed by atoms with Crippen molar-refractivity contribution >= 4 is 34.3 Å². The number of halogens is 1. The molecule has 0 aliphatic heterocycles. The lowest BCUT2D eigenvalue weighted by molar-refractivity contribution is -0.116. The van der Waals surface area contributed by atoms with E-state index in [1.54, 1.807) is 42.7 Å². The highest BCUT2D eigenvalue weighted by atomic mass is 32.2. The van der Waals surface area contributed by atoms with E-state index in [2.05, 4.69) is 20.3 Å². The monoisotopic (exact) mass is 423 g/mol. The number of hydrogen-bond acceptors (Lipinski definition) is 5. The minimum Gasteiger partial charge on any atom is -0.329 e. The Balaban J connectivity index is 1.47. The van der Waals surface area contributed by atoms with Crippen LogP contribution in [0, 0.1) is 5.82 Å². The fourth-order valence-electron chi connectivity index (χ4n) is 2.94. The van der Waals surface area contributed by atoms with Gasteiger partial charge in [0.2, 0.25) is 5.91 Å². The van der Waals surface area contributed by atoms with Crippen LogP contribution >= 0.6 is 11.8 Å². The van der Waals surface area contributed by atoms with E-state index in [1.807, 2.05) is 11.6 Å². The second kappa shape index (κ2) is 8.50. The zero-order valence-electron chi connectivity index (χ0n) is 16.1. The number of carbonyl (C=O) groups excluding carboxylic acids is 1. The number of nitrogens with zero attached hydrogens (tertiary/aromatic N) is 3. The maximum atomic E-state index is 13.8. The number of para-hydroxylation sites is 1. The summed E-state index contributed by atoms with van der Waals surface area (Å²) in [6.45, 7) is 0. The van der Waals surface area contributed by atoms with E-state index in [0.717, 1.165) is 5.16 Å². The Morgan fingerprint density at radius 1 is 1.27 bits per heavy atom. The molecule has 0 unspecified atom stereocenters. The van der Waals surface area contributed by atoms with Crippen molar-refractivity contribution < 1.29 is 9.18 Å². The zero-order valence-corrected chi connectivity index (χ0v) is 16.9. The summed E-state index contributed by atoms with van der Waals surface area (Å²) in [5, 5.41) is 3.97. The van der Waals surface area contributed by atoms with Gasteiger partial charge in [-0.3, -0.25) is 9.59 Å². The summed E-state index contributed by atoms with van der Waals surface area (Å²) in [4.78, 5) is 36.6. The van der Waals surface area contributed by atoms with Gasteiger partial charge in [0.25, 0.3) is 5.56 Å². The average Bonchev–Trinajstić information content (AvgIpc) is 3.13. The number of carbonyl (C=O) groups is 1. The Labute approximate surface area is 175 Å². The first-order valence-corrected chi connectivity index (χ1v) is 10.0. The van der Waals surface area contributed by atoms with Gasteiger partial charge < -0.3 is 14.9 Å². The number of hydrogen-bond donors (Lipinski definition) is 2. The predicted molar refractivity (Wildman–Crippen MR) is 113 cm³/mol. The molecule has 1 amide bonds. The van der Waals surface area contributed by atoms with Crippen LogP contribution in [0.25, 0.3) is 10.9 Å². The molecule has 30 heavy (non-hydrogen) atoms. The van der Waals surface area contributed by atoms with Crippen molar-refractivity contribution in [1.29, 1.82) is 0 Å². The molecule has 4 rings (SSSR count). The van der Waals surface area contributed by atoms with E-state index in [4.69, 9.17) is 0 Å². The van der Waals surface area contributed by atoms with Gasteiger partial charge in [-0.2, -0.15) is 0 Å². The number of anilines is 1. The molecule has 2 aromatic heterocycles. The summed E-state index contributed by atoms with van der Waals surface area (Å²) in [5.41, 5.74) is 0.707. The summed E-state index contributed by atoms with van der Waals surface area (Å²) >= 11 is 1.33. The Bertz CT molecular complexity index is 1280. The van der Waals surface area contributed by atoms with Crippen molar-refractivity contribution in [2.75, 3.05) is 5.32 Å². The molecule has 152 valence electrons. The number of H-pyrrole nitrogens is 1. The SMILES string of the molecule is Cn1ccnc1Sc1ccc(F)cc1NC(=O)CCc1nc2ccccc2c(=O)[nH]1. The first kappa shape index (κ1) is 19.8. The third-order valence-corrected chi connectivity index (χ3v) is 5.60. The molecule has 0 aliphatic rings. The molecule has 0 saturated carbocycles. The first-order chi connectivity index (χ1) is 14.5. The molecule has 4 aromatic rings. The van der Waals surface area contributed by atoms with Gasteiger partial charge in [0.05, 0.1) is 16.6 Å². The van der Waals surface area contributed by atoms with E-state index in [-0.39, 0.29) is 24.3 Å². The third kappa shape index (κ3) is 4.41. The second-order valence-corrected chi connectivity index (χ2v) is 7.65. The summed E-state index contributed by atoms with van der Waals surface area (Å²) in [7, 11) is 1.86. The van der Waals surface area contributed by atoms with Crippen molar-refractivity contribution in [3.8, 4) is 0 Å². The van der Waals surface area contributed by atoms with E-state index in [1.165, 1.54) is 23.9 Å². The fraction of sp³-hybridized carbons (Fsp3) is 0.143. The summed E-state index contributed by atoms with van der Waals surface area (Å²) in [5.74, 6) is -0.330. The van der Waals surface area contributed by atoms with Crippen molar-refractivity contribution in [2.45, 2.75) is 22.9 Å². The predicted octanol–water partition coefficient (Wildman–Crippen LogP) is 3.52. The van der Waals surface area contributed by atoms with Crippen LogP contribution in [-0.4, -0.2) is 25.4 Å². The highest BCUT2D eigenvalue weighted by Gasteiger charge is 2.13.